The Hall–Kier alpha value is -9.73. The molecule has 0 saturated carbocycles. The molecule has 1 aliphatic heterocycles. The van der Waals surface area contributed by atoms with Gasteiger partial charge < -0.3 is 34.9 Å². The van der Waals surface area contributed by atoms with Crippen LogP contribution >= 0.6 is 11.6 Å². The molecule has 0 unspecified atom stereocenters. The van der Waals surface area contributed by atoms with E-state index in [1.54, 1.807) is 67.6 Å². The molecule has 10 aromatic rings. The van der Waals surface area contributed by atoms with E-state index in [4.69, 9.17) is 46.2 Å². The number of rotatable bonds is 13. The van der Waals surface area contributed by atoms with Crippen LogP contribution in [0, 0.1) is 34.9 Å². The van der Waals surface area contributed by atoms with Crippen LogP contribution in [0.25, 0.3) is 79.1 Å². The molecule has 98 heavy (non-hydrogen) atoms. The van der Waals surface area contributed by atoms with Crippen molar-refractivity contribution < 1.29 is 70.9 Å². The van der Waals surface area contributed by atoms with Crippen molar-refractivity contribution in [2.45, 2.75) is 65.1 Å². The molecule has 1 amide bonds. The number of Topliss-reactive ketones (excluding diaryl/α,β-unsaturated/α-hetero) is 1. The first-order valence-corrected chi connectivity index (χ1v) is 34.4. The van der Waals surface area contributed by atoms with Crippen LogP contribution in [0.5, 0.6) is 0 Å². The summed E-state index contributed by atoms with van der Waals surface area (Å²) in [5.41, 5.74) is 18.5. The molecule has 0 bridgehead atoms. The summed E-state index contributed by atoms with van der Waals surface area (Å²) in [6.07, 6.45) is 6.64. The number of nitrogen functional groups attached to an aromatic ring is 2. The normalized spacial score (nSPS) is 14.4. The lowest BCUT2D eigenvalue weighted by Gasteiger charge is -2.32. The highest BCUT2D eigenvalue weighted by Crippen LogP contribution is 2.45. The fourth-order valence-corrected chi connectivity index (χ4v) is 12.8. The van der Waals surface area contributed by atoms with E-state index in [0.29, 0.717) is 91.7 Å². The van der Waals surface area contributed by atoms with Crippen LogP contribution in [0.4, 0.5) is 49.1 Å². The molecule has 5 heterocycles. The van der Waals surface area contributed by atoms with Gasteiger partial charge in [0.2, 0.25) is 20.0 Å². The highest BCUT2D eigenvalue weighted by atomic mass is 35.5. The molecule has 0 spiro atoms. The fraction of sp³-hybridized carbons (Fsp3) is 0.211. The maximum absolute atomic E-state index is 14.9. The number of fused-ring (bicyclic) bond motifs is 4. The van der Waals surface area contributed by atoms with Crippen LogP contribution in [-0.2, 0) is 42.2 Å². The molecule has 506 valence electrons. The van der Waals surface area contributed by atoms with E-state index in [9.17, 15) is 52.8 Å². The number of furan rings is 2. The Morgan fingerprint density at radius 1 is 0.602 bits per heavy atom. The van der Waals surface area contributed by atoms with Gasteiger partial charge in [-0.05, 0) is 135 Å². The summed E-state index contributed by atoms with van der Waals surface area (Å²) in [6.45, 7) is 9.06. The summed E-state index contributed by atoms with van der Waals surface area (Å²) in [7, 11) is -4.36. The second kappa shape index (κ2) is 26.3. The minimum atomic E-state index is -3.80. The number of carbonyl (C=O) groups is 2. The van der Waals surface area contributed by atoms with Crippen molar-refractivity contribution in [3.63, 3.8) is 0 Å². The Labute approximate surface area is 566 Å². The van der Waals surface area contributed by atoms with Crippen molar-refractivity contribution in [1.82, 2.24) is 15.3 Å². The number of amides is 1. The minimum absolute atomic E-state index is 0.00401. The molecule has 1 fully saturated rings. The number of hydrogen-bond acceptors (Lipinski definition) is 14. The van der Waals surface area contributed by atoms with Gasteiger partial charge in [-0.25, -0.2) is 53.1 Å². The van der Waals surface area contributed by atoms with E-state index in [1.165, 1.54) is 57.5 Å². The summed E-state index contributed by atoms with van der Waals surface area (Å²) in [6, 6.07) is 28.3. The SMILES string of the molecule is CCC(=O)c1c(-c2ccc(F)cc2F)oc2cc(N(C)S(C)(=O)=O)c(-c3ccc(N)c(C4=Cc5c(F)cccc5C4)n3)cc12.CNC(=O)c1c(-c2ccc(F)cc2F)oc2cc(N(C)S(C)(=O)=O)c(B3OC(C)(C)C(C)(C)O3)cc12.Nc1ccc(Cl)nc1C1=Cc2c(F)cccc2C1. The Bertz CT molecular complexity index is 5260. The maximum Gasteiger partial charge on any atom is 0.497 e. The molecule has 17 nitrogen and oxygen atoms in total. The van der Waals surface area contributed by atoms with Crippen molar-refractivity contribution in [2.24, 2.45) is 0 Å². The first kappa shape index (κ1) is 69.6. The molecule has 4 aromatic heterocycles. The van der Waals surface area contributed by atoms with Gasteiger partial charge in [0.1, 0.15) is 57.0 Å². The predicted molar refractivity (Wildman–Crippen MR) is 371 cm³/mol. The van der Waals surface area contributed by atoms with Gasteiger partial charge in [-0.3, -0.25) is 18.2 Å². The Morgan fingerprint density at radius 3 is 1.55 bits per heavy atom. The maximum atomic E-state index is 14.9. The molecule has 2 aliphatic carbocycles. The first-order valence-electron chi connectivity index (χ1n) is 30.4. The average Bonchev–Trinajstić information content (AvgIpc) is 1.57. The van der Waals surface area contributed by atoms with Crippen LogP contribution in [0.1, 0.15) is 95.4 Å². The van der Waals surface area contributed by atoms with Crippen molar-refractivity contribution in [2.75, 3.05) is 53.7 Å². The van der Waals surface area contributed by atoms with E-state index in [-0.39, 0.29) is 85.5 Å². The molecular formula is C71H63BClF6N7O10S2. The number of nitrogens with one attached hydrogen (secondary N) is 1. The summed E-state index contributed by atoms with van der Waals surface area (Å²) in [5, 5.41) is 3.48. The third-order valence-corrected chi connectivity index (χ3v) is 20.2. The van der Waals surface area contributed by atoms with Gasteiger partial charge in [0.25, 0.3) is 5.91 Å². The van der Waals surface area contributed by atoms with E-state index in [1.807, 2.05) is 39.8 Å². The quantitative estimate of drug-likeness (QED) is 0.0421. The standard InChI is InChI=1S/C33H26F3N3O4S.C24H27BF2N2O6S.C14H10ClFN2/c1-4-29(40)31-23-15-22(27-11-10-26(37)32(38-27)18-12-17-6-5-7-24(35)21(17)13-18)28(39(2)44(3,41)42)16-30(23)43-33(31)20-9-8-19(34)14-25(20)36;1-23(2)24(3,4)35-25(34-23)16-11-15-19(12-18(16)29(6)36(7,31)32)33-21(20(15)22(30)28-5)14-9-8-13(26)10-17(14)27;15-13-5-4-12(17)14(18-13)9-6-8-2-1-3-11(16)10(8)7-9/h5-11,13-16H,4,12,37H2,1-3H3;8-12H,1-7H3,(H,28,30);1-5,7H,6,17H2. The number of allylic oxidation sites excluding steroid dienone is 2. The zero-order valence-corrected chi connectivity index (χ0v) is 56.8. The number of aromatic nitrogens is 2. The molecule has 5 N–H and O–H groups in total. The Kier molecular flexibility index (Phi) is 18.7. The highest BCUT2D eigenvalue weighted by molar-refractivity contribution is 7.92. The van der Waals surface area contributed by atoms with E-state index in [2.05, 4.69) is 10.3 Å². The number of nitrogens with zero attached hydrogens (tertiary/aromatic N) is 4. The highest BCUT2D eigenvalue weighted by Gasteiger charge is 2.53. The van der Waals surface area contributed by atoms with E-state index >= 15 is 0 Å². The number of halogens is 7. The van der Waals surface area contributed by atoms with Crippen LogP contribution in [0.2, 0.25) is 5.15 Å². The molecule has 1 saturated heterocycles. The van der Waals surface area contributed by atoms with Crippen LogP contribution in [0.15, 0.2) is 130 Å². The number of nitrogens with two attached hydrogens (primary N) is 2. The molecular weight excluding hydrogens is 1340 g/mol. The number of ketones is 1. The van der Waals surface area contributed by atoms with Crippen LogP contribution < -0.4 is 30.9 Å². The van der Waals surface area contributed by atoms with Gasteiger partial charge in [0.05, 0.1) is 85.8 Å². The van der Waals surface area contributed by atoms with Crippen molar-refractivity contribution in [3.05, 3.63) is 206 Å². The third kappa shape index (κ3) is 13.3. The van der Waals surface area contributed by atoms with Gasteiger partial charge in [-0.1, -0.05) is 42.8 Å². The lowest BCUT2D eigenvalue weighted by atomic mass is 9.77. The van der Waals surface area contributed by atoms with Gasteiger partial charge in [-0.15, -0.1) is 0 Å². The van der Waals surface area contributed by atoms with Crippen molar-refractivity contribution >= 4 is 124 Å². The molecule has 6 aromatic carbocycles. The Morgan fingerprint density at radius 2 is 1.07 bits per heavy atom. The molecule has 0 atom stereocenters. The minimum Gasteiger partial charge on any atom is -0.455 e. The van der Waals surface area contributed by atoms with E-state index in [0.717, 1.165) is 50.0 Å². The monoisotopic (exact) mass is 1400 g/mol. The Balaban J connectivity index is 0.000000161. The topological polar surface area (TPSA) is 243 Å². The number of carbonyl (C=O) groups excluding carboxylic acids is 2. The van der Waals surface area contributed by atoms with Gasteiger partial charge >= 0.3 is 7.12 Å². The summed E-state index contributed by atoms with van der Waals surface area (Å²) >= 11 is 5.87. The summed E-state index contributed by atoms with van der Waals surface area (Å²) in [5.74, 6) is -5.16. The molecule has 3 aliphatic rings. The predicted octanol–water partition coefficient (Wildman–Crippen LogP) is 14.2. The lowest BCUT2D eigenvalue weighted by Crippen LogP contribution is -2.41. The van der Waals surface area contributed by atoms with Crippen LogP contribution in [0.3, 0.4) is 0 Å². The zero-order chi connectivity index (χ0) is 71.0. The number of sulfonamides is 2. The number of pyridine rings is 2. The first-order chi connectivity index (χ1) is 46.1. The van der Waals surface area contributed by atoms with Gasteiger partial charge in [0, 0.05) is 97.6 Å². The largest absolute Gasteiger partial charge is 0.497 e. The van der Waals surface area contributed by atoms with Gasteiger partial charge in [0.15, 0.2) is 11.5 Å². The summed E-state index contributed by atoms with van der Waals surface area (Å²) in [4.78, 5) is 35.2. The number of anilines is 4. The molecule has 13 rings (SSSR count). The van der Waals surface area contributed by atoms with Crippen LogP contribution in [-0.4, -0.2) is 90.5 Å². The fourth-order valence-electron chi connectivity index (χ4n) is 11.6. The number of benzene rings is 6. The van der Waals surface area contributed by atoms with Crippen molar-refractivity contribution in [3.8, 4) is 33.9 Å². The molecule has 0 radical (unpaired) electrons. The second-order valence-corrected chi connectivity index (χ2v) is 29.0. The van der Waals surface area contributed by atoms with E-state index < -0.39 is 67.5 Å². The molecule has 27 heteroatoms. The zero-order valence-electron chi connectivity index (χ0n) is 54.4. The van der Waals surface area contributed by atoms with Gasteiger partial charge in [-0.2, -0.15) is 0 Å². The lowest BCUT2D eigenvalue weighted by molar-refractivity contribution is 0.00578. The second-order valence-electron chi connectivity index (χ2n) is 24.6. The third-order valence-electron chi connectivity index (χ3n) is 17.6. The van der Waals surface area contributed by atoms with Crippen molar-refractivity contribution in [1.29, 1.82) is 0 Å². The number of hydrogen-bond donors (Lipinski definition) is 3. The smallest absolute Gasteiger partial charge is 0.455 e. The summed E-state index contributed by atoms with van der Waals surface area (Å²) < 4.78 is 162. The average molecular weight is 1400 g/mol.